The lowest BCUT2D eigenvalue weighted by Crippen LogP contribution is -2.47. The van der Waals surface area contributed by atoms with Gasteiger partial charge >= 0.3 is 0 Å². The van der Waals surface area contributed by atoms with Crippen LogP contribution in [0.4, 0.5) is 20.2 Å². The van der Waals surface area contributed by atoms with Gasteiger partial charge in [0.25, 0.3) is 11.5 Å². The van der Waals surface area contributed by atoms with Crippen LogP contribution in [0.1, 0.15) is 25.2 Å². The zero-order chi connectivity index (χ0) is 28.2. The average molecular weight is 569 g/mol. The van der Waals surface area contributed by atoms with Gasteiger partial charge in [0.2, 0.25) is 15.9 Å². The Morgan fingerprint density at radius 3 is 2.47 bits per heavy atom. The van der Waals surface area contributed by atoms with Gasteiger partial charge in [-0.15, -0.1) is 0 Å². The van der Waals surface area contributed by atoms with Crippen molar-refractivity contribution in [1.29, 1.82) is 0 Å². The second-order valence-electron chi connectivity index (χ2n) is 9.16. The Kier molecular flexibility index (Phi) is 6.97. The molecule has 0 bridgehead atoms. The monoisotopic (exact) mass is 568 g/mol. The highest BCUT2D eigenvalue weighted by Crippen LogP contribution is 2.40. The Hall–Kier alpha value is -3.55. The van der Waals surface area contributed by atoms with Crippen LogP contribution in [0.25, 0.3) is 5.69 Å². The van der Waals surface area contributed by atoms with E-state index in [-0.39, 0.29) is 47.6 Å². The number of aliphatic hydroxyl groups is 1. The van der Waals surface area contributed by atoms with Crippen molar-refractivity contribution in [2.45, 2.75) is 33.0 Å². The number of aryl methyl sites for hydroxylation is 1. The molecular weight excluding hydrogens is 546 g/mol. The van der Waals surface area contributed by atoms with Crippen molar-refractivity contribution < 1.29 is 31.8 Å². The van der Waals surface area contributed by atoms with Crippen LogP contribution >= 0.6 is 11.6 Å². The molecule has 4 rings (SSSR count). The first-order chi connectivity index (χ1) is 17.6. The van der Waals surface area contributed by atoms with Gasteiger partial charge in [0, 0.05) is 11.6 Å². The Morgan fingerprint density at radius 2 is 1.87 bits per heavy atom. The fourth-order valence-electron chi connectivity index (χ4n) is 3.91. The summed E-state index contributed by atoms with van der Waals surface area (Å²) in [5, 5.41) is 9.85. The number of amides is 1. The fraction of sp³-hybridized carbons (Fsp3) is 0.292. The first kappa shape index (κ1) is 27.5. The third-order valence-electron chi connectivity index (χ3n) is 5.76. The maximum atomic E-state index is 13.9. The molecule has 10 nitrogen and oxygen atoms in total. The molecule has 1 N–H and O–H groups in total. The SMILES string of the molecule is Cc1nc(OCc2ccc(F)cc2F)c(Cl)c(=O)n1-c1ccc2c(c1)N(C(=O)C(C)(C)O)CN2S(C)(=O)=O. The molecule has 1 aromatic heterocycles. The number of hydrogen-bond donors (Lipinski definition) is 1. The Bertz CT molecular complexity index is 1620. The van der Waals surface area contributed by atoms with Crippen molar-refractivity contribution in [2.75, 3.05) is 22.1 Å². The van der Waals surface area contributed by atoms with E-state index in [4.69, 9.17) is 16.3 Å². The first-order valence-electron chi connectivity index (χ1n) is 11.1. The highest BCUT2D eigenvalue weighted by atomic mass is 35.5. The average Bonchev–Trinajstić information content (AvgIpc) is 3.19. The van der Waals surface area contributed by atoms with Gasteiger partial charge in [-0.1, -0.05) is 11.6 Å². The molecule has 0 saturated heterocycles. The Labute approximate surface area is 221 Å². The normalized spacial score (nSPS) is 13.6. The van der Waals surface area contributed by atoms with Crippen LogP contribution in [0.2, 0.25) is 5.02 Å². The second-order valence-corrected chi connectivity index (χ2v) is 11.4. The summed E-state index contributed by atoms with van der Waals surface area (Å²) in [4.78, 5) is 31.4. The van der Waals surface area contributed by atoms with Gasteiger partial charge in [0.1, 0.15) is 36.3 Å². The molecule has 0 saturated carbocycles. The molecule has 1 aliphatic rings. The molecule has 0 aliphatic carbocycles. The van der Waals surface area contributed by atoms with Crippen molar-refractivity contribution in [2.24, 2.45) is 0 Å². The molecule has 0 unspecified atom stereocenters. The number of nitrogens with zero attached hydrogens (tertiary/aromatic N) is 4. The van der Waals surface area contributed by atoms with Gasteiger partial charge in [0.15, 0.2) is 5.02 Å². The summed E-state index contributed by atoms with van der Waals surface area (Å²) in [6, 6.07) is 7.23. The van der Waals surface area contributed by atoms with Crippen molar-refractivity contribution in [1.82, 2.24) is 9.55 Å². The lowest BCUT2D eigenvalue weighted by molar-refractivity contribution is -0.133. The van der Waals surface area contributed by atoms with Gasteiger partial charge in [-0.3, -0.25) is 19.1 Å². The summed E-state index contributed by atoms with van der Waals surface area (Å²) in [7, 11) is -3.78. The Morgan fingerprint density at radius 1 is 1.18 bits per heavy atom. The van der Waals surface area contributed by atoms with E-state index in [1.165, 1.54) is 45.0 Å². The number of aromatic nitrogens is 2. The van der Waals surface area contributed by atoms with Gasteiger partial charge in [-0.25, -0.2) is 21.5 Å². The molecule has 202 valence electrons. The number of carbonyl (C=O) groups is 1. The van der Waals surface area contributed by atoms with Crippen LogP contribution in [0.3, 0.4) is 0 Å². The highest BCUT2D eigenvalue weighted by molar-refractivity contribution is 7.92. The summed E-state index contributed by atoms with van der Waals surface area (Å²) in [6.45, 7) is 3.31. The van der Waals surface area contributed by atoms with Crippen LogP contribution in [-0.2, 0) is 21.4 Å². The van der Waals surface area contributed by atoms with E-state index in [2.05, 4.69) is 4.98 Å². The third kappa shape index (κ3) is 5.08. The lowest BCUT2D eigenvalue weighted by Gasteiger charge is -2.25. The summed E-state index contributed by atoms with van der Waals surface area (Å²) in [5.74, 6) is -2.49. The van der Waals surface area contributed by atoms with Crippen molar-refractivity contribution in [3.8, 4) is 11.6 Å². The van der Waals surface area contributed by atoms with Crippen LogP contribution in [0.5, 0.6) is 5.88 Å². The molecule has 1 amide bonds. The van der Waals surface area contributed by atoms with E-state index in [0.29, 0.717) is 6.07 Å². The molecular formula is C24H23ClF2N4O6S. The van der Waals surface area contributed by atoms with Crippen LogP contribution < -0.4 is 19.5 Å². The zero-order valence-corrected chi connectivity index (χ0v) is 22.3. The van der Waals surface area contributed by atoms with Gasteiger partial charge in [0.05, 0.1) is 23.3 Å². The number of carbonyl (C=O) groups excluding carboxylic acids is 1. The zero-order valence-electron chi connectivity index (χ0n) is 20.7. The predicted octanol–water partition coefficient (Wildman–Crippen LogP) is 2.89. The van der Waals surface area contributed by atoms with Crippen molar-refractivity contribution in [3.05, 3.63) is 74.8 Å². The molecule has 0 atom stereocenters. The van der Waals surface area contributed by atoms with Crippen molar-refractivity contribution in [3.63, 3.8) is 0 Å². The van der Waals surface area contributed by atoms with E-state index >= 15 is 0 Å². The largest absolute Gasteiger partial charge is 0.471 e. The predicted molar refractivity (Wildman–Crippen MR) is 136 cm³/mol. The minimum absolute atomic E-state index is 0.0247. The molecule has 14 heteroatoms. The smallest absolute Gasteiger partial charge is 0.280 e. The van der Waals surface area contributed by atoms with E-state index in [1.54, 1.807) is 0 Å². The summed E-state index contributed by atoms with van der Waals surface area (Å²) < 4.78 is 59.4. The molecule has 2 aromatic carbocycles. The number of hydrogen-bond acceptors (Lipinski definition) is 7. The molecule has 3 aromatic rings. The standard InChI is InChI=1S/C24H23ClF2N4O6S/c1-13-28-21(37-11-14-5-6-15(26)9-17(14)27)20(25)22(32)31(13)16-7-8-18-19(10-16)29(23(33)24(2,3)34)12-30(18)38(4,35)36/h5-10,34H,11-12H2,1-4H3. The maximum Gasteiger partial charge on any atom is 0.280 e. The second kappa shape index (κ2) is 9.64. The van der Waals surface area contributed by atoms with Crippen molar-refractivity contribution >= 4 is 38.9 Å². The summed E-state index contributed by atoms with van der Waals surface area (Å²) in [6.07, 6.45) is 0.984. The quantitative estimate of drug-likeness (QED) is 0.485. The molecule has 2 heterocycles. The van der Waals surface area contributed by atoms with Crippen LogP contribution in [0, 0.1) is 18.6 Å². The van der Waals surface area contributed by atoms with E-state index < -0.39 is 43.7 Å². The first-order valence-corrected chi connectivity index (χ1v) is 13.3. The van der Waals surface area contributed by atoms with Gasteiger partial charge in [-0.2, -0.15) is 4.98 Å². The minimum Gasteiger partial charge on any atom is -0.471 e. The minimum atomic E-state index is -3.78. The van der Waals surface area contributed by atoms with Gasteiger partial charge < -0.3 is 9.84 Å². The van der Waals surface area contributed by atoms with Crippen LogP contribution in [0.15, 0.2) is 41.2 Å². The number of sulfonamides is 1. The lowest BCUT2D eigenvalue weighted by atomic mass is 10.1. The van der Waals surface area contributed by atoms with E-state index in [0.717, 1.165) is 26.1 Å². The van der Waals surface area contributed by atoms with E-state index in [1.807, 2.05) is 0 Å². The van der Waals surface area contributed by atoms with E-state index in [9.17, 15) is 31.9 Å². The van der Waals surface area contributed by atoms with Crippen LogP contribution in [-0.4, -0.2) is 47.5 Å². The molecule has 0 spiro atoms. The maximum absolute atomic E-state index is 13.9. The van der Waals surface area contributed by atoms with Gasteiger partial charge in [-0.05, 0) is 51.1 Å². The number of anilines is 2. The molecule has 1 aliphatic heterocycles. The molecule has 38 heavy (non-hydrogen) atoms. The molecule has 0 fully saturated rings. The number of benzene rings is 2. The summed E-state index contributed by atoms with van der Waals surface area (Å²) >= 11 is 6.23. The fourth-order valence-corrected chi connectivity index (χ4v) is 4.93. The highest BCUT2D eigenvalue weighted by Gasteiger charge is 2.40. The third-order valence-corrected chi connectivity index (χ3v) is 7.20. The number of ether oxygens (including phenoxy) is 1. The number of rotatable bonds is 6. The summed E-state index contributed by atoms with van der Waals surface area (Å²) in [5.41, 5.74) is -1.99. The molecule has 0 radical (unpaired) electrons. The topological polar surface area (TPSA) is 122 Å². The Balaban J connectivity index is 1.75. The number of halogens is 3. The number of fused-ring (bicyclic) bond motifs is 1.